The number of aromatic carboxylic acids is 1. The molecule has 9 nitrogen and oxygen atoms in total. The molecule has 1 aromatic carbocycles. The quantitative estimate of drug-likeness (QED) is 0.663. The fourth-order valence-electron chi connectivity index (χ4n) is 2.47. The molecule has 124 valence electrons. The van der Waals surface area contributed by atoms with E-state index in [4.69, 9.17) is 14.6 Å². The largest absolute Gasteiger partial charge is 0.478 e. The Morgan fingerprint density at radius 3 is 2.88 bits per heavy atom. The van der Waals surface area contributed by atoms with Crippen LogP contribution in [0.1, 0.15) is 21.5 Å². The van der Waals surface area contributed by atoms with E-state index in [2.05, 4.69) is 0 Å². The lowest BCUT2D eigenvalue weighted by molar-refractivity contribution is -0.385. The number of nitro benzene ring substituents is 1. The third-order valence-electron chi connectivity index (χ3n) is 3.55. The van der Waals surface area contributed by atoms with Gasteiger partial charge in [0.25, 0.3) is 11.2 Å². The van der Waals surface area contributed by atoms with Crippen LogP contribution in [-0.2, 0) is 17.9 Å². The highest BCUT2D eigenvalue weighted by molar-refractivity contribution is 5.87. The number of fused-ring (bicyclic) bond motifs is 1. The van der Waals surface area contributed by atoms with Gasteiger partial charge in [-0.1, -0.05) is 0 Å². The summed E-state index contributed by atoms with van der Waals surface area (Å²) in [5.41, 5.74) is 0.283. The van der Waals surface area contributed by atoms with Crippen LogP contribution >= 0.6 is 0 Å². The predicted octanol–water partition coefficient (Wildman–Crippen LogP) is 1.37. The number of ether oxygens (including phenoxy) is 2. The Kier molecular flexibility index (Phi) is 4.00. The maximum absolute atomic E-state index is 12.0. The first-order valence-electron chi connectivity index (χ1n) is 6.90. The Labute approximate surface area is 134 Å². The van der Waals surface area contributed by atoms with Crippen molar-refractivity contribution in [1.29, 1.82) is 0 Å². The molecule has 2 heterocycles. The number of carboxylic acids is 1. The van der Waals surface area contributed by atoms with Crippen molar-refractivity contribution >= 4 is 11.7 Å². The molecule has 0 radical (unpaired) electrons. The molecule has 0 fully saturated rings. The van der Waals surface area contributed by atoms with E-state index in [9.17, 15) is 19.7 Å². The molecule has 1 aliphatic heterocycles. The SMILES string of the molecule is O=C(O)c1ccc(=O)n(Cc2cc([N+](=O)[O-])cc3c2OCOC3)c1. The maximum atomic E-state index is 12.0. The molecule has 1 N–H and O–H groups in total. The lowest BCUT2D eigenvalue weighted by atomic mass is 10.1. The number of carbonyl (C=O) groups is 1. The highest BCUT2D eigenvalue weighted by Crippen LogP contribution is 2.32. The molecule has 1 aliphatic rings. The number of hydrogen-bond acceptors (Lipinski definition) is 6. The fourth-order valence-corrected chi connectivity index (χ4v) is 2.47. The van der Waals surface area contributed by atoms with Crippen molar-refractivity contribution in [3.05, 3.63) is 67.6 Å². The monoisotopic (exact) mass is 332 g/mol. The first-order chi connectivity index (χ1) is 11.5. The maximum Gasteiger partial charge on any atom is 0.337 e. The number of rotatable bonds is 4. The number of nitro groups is 1. The van der Waals surface area contributed by atoms with Crippen LogP contribution in [0.2, 0.25) is 0 Å². The number of benzene rings is 1. The van der Waals surface area contributed by atoms with Crippen molar-refractivity contribution in [1.82, 2.24) is 4.57 Å². The molecule has 2 aromatic rings. The standard InChI is InChI=1S/C15H12N2O7/c18-13-2-1-9(15(19)20)5-16(13)6-10-3-12(17(21)22)4-11-7-23-8-24-14(10)11/h1-5H,6-8H2,(H,19,20). The number of non-ortho nitro benzene ring substituents is 1. The van der Waals surface area contributed by atoms with Gasteiger partial charge in [-0.2, -0.15) is 0 Å². The summed E-state index contributed by atoms with van der Waals surface area (Å²) < 4.78 is 11.7. The number of hydrogen-bond donors (Lipinski definition) is 1. The van der Waals surface area contributed by atoms with E-state index < -0.39 is 16.5 Å². The molecule has 0 bridgehead atoms. The van der Waals surface area contributed by atoms with Gasteiger partial charge in [-0.3, -0.25) is 14.9 Å². The van der Waals surface area contributed by atoms with E-state index >= 15 is 0 Å². The number of pyridine rings is 1. The Morgan fingerprint density at radius 1 is 1.38 bits per heavy atom. The second-order valence-electron chi connectivity index (χ2n) is 5.15. The minimum atomic E-state index is -1.17. The average Bonchev–Trinajstić information content (AvgIpc) is 2.56. The lowest BCUT2D eigenvalue weighted by Crippen LogP contribution is -2.22. The zero-order valence-corrected chi connectivity index (χ0v) is 12.3. The molecule has 24 heavy (non-hydrogen) atoms. The first-order valence-corrected chi connectivity index (χ1v) is 6.90. The molecular formula is C15H12N2O7. The molecule has 1 aromatic heterocycles. The van der Waals surface area contributed by atoms with Gasteiger partial charge in [0.2, 0.25) is 0 Å². The topological polar surface area (TPSA) is 121 Å². The van der Waals surface area contributed by atoms with Gasteiger partial charge in [0.05, 0.1) is 23.6 Å². The summed E-state index contributed by atoms with van der Waals surface area (Å²) in [6.07, 6.45) is 1.19. The molecule has 0 spiro atoms. The average molecular weight is 332 g/mol. The fraction of sp³-hybridized carbons (Fsp3) is 0.200. The van der Waals surface area contributed by atoms with Crippen LogP contribution in [-0.4, -0.2) is 27.4 Å². The van der Waals surface area contributed by atoms with Crippen molar-refractivity contribution in [2.75, 3.05) is 6.79 Å². The second kappa shape index (κ2) is 6.13. The molecular weight excluding hydrogens is 320 g/mol. The summed E-state index contributed by atoms with van der Waals surface area (Å²) in [6.45, 7) is 0.111. The van der Waals surface area contributed by atoms with E-state index in [1.54, 1.807) is 0 Å². The molecule has 0 atom stereocenters. The minimum absolute atomic E-state index is 0.00186. The van der Waals surface area contributed by atoms with Gasteiger partial charge in [-0.15, -0.1) is 0 Å². The van der Waals surface area contributed by atoms with Crippen molar-refractivity contribution in [2.45, 2.75) is 13.2 Å². The molecule has 0 unspecified atom stereocenters. The Morgan fingerprint density at radius 2 is 2.17 bits per heavy atom. The van der Waals surface area contributed by atoms with Gasteiger partial charge in [0.1, 0.15) is 5.75 Å². The zero-order valence-electron chi connectivity index (χ0n) is 12.3. The van der Waals surface area contributed by atoms with Gasteiger partial charge in [-0.05, 0) is 6.07 Å². The molecule has 0 saturated heterocycles. The van der Waals surface area contributed by atoms with Crippen molar-refractivity contribution in [3.8, 4) is 5.75 Å². The summed E-state index contributed by atoms with van der Waals surface area (Å²) in [7, 11) is 0. The van der Waals surface area contributed by atoms with Gasteiger partial charge in [0.15, 0.2) is 6.79 Å². The third-order valence-corrected chi connectivity index (χ3v) is 3.55. The van der Waals surface area contributed by atoms with Crippen LogP contribution in [0.5, 0.6) is 5.75 Å². The number of carboxylic acid groups (broad SMARTS) is 1. The second-order valence-corrected chi connectivity index (χ2v) is 5.15. The Balaban J connectivity index is 2.08. The van der Waals surface area contributed by atoms with Crippen LogP contribution in [0.15, 0.2) is 35.3 Å². The molecule has 9 heteroatoms. The van der Waals surface area contributed by atoms with Crippen LogP contribution in [0, 0.1) is 10.1 Å². The first kappa shape index (κ1) is 15.7. The Bertz CT molecular complexity index is 888. The van der Waals surface area contributed by atoms with Crippen molar-refractivity contribution in [3.63, 3.8) is 0 Å². The molecule has 0 saturated carbocycles. The highest BCUT2D eigenvalue weighted by Gasteiger charge is 2.21. The van der Waals surface area contributed by atoms with E-state index in [0.717, 1.165) is 6.07 Å². The summed E-state index contributed by atoms with van der Waals surface area (Å²) >= 11 is 0. The van der Waals surface area contributed by atoms with Gasteiger partial charge in [0, 0.05) is 35.5 Å². The lowest BCUT2D eigenvalue weighted by Gasteiger charge is -2.21. The van der Waals surface area contributed by atoms with E-state index in [0.29, 0.717) is 16.9 Å². The summed E-state index contributed by atoms with van der Waals surface area (Å²) in [5, 5.41) is 20.1. The zero-order chi connectivity index (χ0) is 17.3. The summed E-state index contributed by atoms with van der Waals surface area (Å²) in [6, 6.07) is 5.00. The highest BCUT2D eigenvalue weighted by atomic mass is 16.7. The van der Waals surface area contributed by atoms with E-state index in [1.165, 1.54) is 29.0 Å². The minimum Gasteiger partial charge on any atom is -0.478 e. The van der Waals surface area contributed by atoms with Gasteiger partial charge >= 0.3 is 5.97 Å². The predicted molar refractivity (Wildman–Crippen MR) is 80.1 cm³/mol. The third kappa shape index (κ3) is 2.97. The van der Waals surface area contributed by atoms with Crippen LogP contribution in [0.25, 0.3) is 0 Å². The normalized spacial score (nSPS) is 13.0. The van der Waals surface area contributed by atoms with Crippen LogP contribution < -0.4 is 10.3 Å². The molecule has 3 rings (SSSR count). The van der Waals surface area contributed by atoms with E-state index in [-0.39, 0.29) is 31.2 Å². The summed E-state index contributed by atoms with van der Waals surface area (Å²) in [4.78, 5) is 33.5. The van der Waals surface area contributed by atoms with Crippen LogP contribution in [0.4, 0.5) is 5.69 Å². The summed E-state index contributed by atoms with van der Waals surface area (Å²) in [5.74, 6) is -0.756. The molecule has 0 aliphatic carbocycles. The molecule has 0 amide bonds. The Hall–Kier alpha value is -3.20. The van der Waals surface area contributed by atoms with E-state index in [1.807, 2.05) is 0 Å². The number of aromatic nitrogens is 1. The van der Waals surface area contributed by atoms with Crippen molar-refractivity contribution in [2.24, 2.45) is 0 Å². The van der Waals surface area contributed by atoms with Crippen molar-refractivity contribution < 1.29 is 24.3 Å². The van der Waals surface area contributed by atoms with Gasteiger partial charge in [-0.25, -0.2) is 4.79 Å². The smallest absolute Gasteiger partial charge is 0.337 e. The van der Waals surface area contributed by atoms with Gasteiger partial charge < -0.3 is 19.1 Å². The number of nitrogens with zero attached hydrogens (tertiary/aromatic N) is 2. The van der Waals surface area contributed by atoms with Crippen LogP contribution in [0.3, 0.4) is 0 Å².